The van der Waals surface area contributed by atoms with Crippen LogP contribution in [0.25, 0.3) is 0 Å². The van der Waals surface area contributed by atoms with E-state index in [9.17, 15) is 4.79 Å². The highest BCUT2D eigenvalue weighted by Crippen LogP contribution is 2.38. The lowest BCUT2D eigenvalue weighted by Gasteiger charge is -2.20. The van der Waals surface area contributed by atoms with Crippen molar-refractivity contribution in [1.29, 1.82) is 0 Å². The monoisotopic (exact) mass is 314 g/mol. The molecule has 100 valence electrons. The molecule has 0 aliphatic rings. The summed E-state index contributed by atoms with van der Waals surface area (Å²) in [4.78, 5) is 10.7. The number of benzene rings is 1. The number of aryl methyl sites for hydroxylation is 1. The molecule has 0 saturated carbocycles. The van der Waals surface area contributed by atoms with Gasteiger partial charge in [0.25, 0.3) is 0 Å². The predicted molar refractivity (Wildman–Crippen MR) is 75.5 cm³/mol. The van der Waals surface area contributed by atoms with Crippen molar-refractivity contribution >= 4 is 21.9 Å². The lowest BCUT2D eigenvalue weighted by Crippen LogP contribution is -2.05. The van der Waals surface area contributed by atoms with Gasteiger partial charge in [-0.3, -0.25) is 4.79 Å². The van der Waals surface area contributed by atoms with E-state index in [0.29, 0.717) is 6.42 Å². The van der Waals surface area contributed by atoms with Crippen LogP contribution in [0.5, 0.6) is 5.75 Å². The summed E-state index contributed by atoms with van der Waals surface area (Å²) in [5.41, 5.74) is 3.29. The molecule has 0 heterocycles. The van der Waals surface area contributed by atoms with Crippen LogP contribution in [0.1, 0.15) is 42.4 Å². The minimum Gasteiger partial charge on any atom is -0.496 e. The van der Waals surface area contributed by atoms with Crippen molar-refractivity contribution in [1.82, 2.24) is 0 Å². The summed E-state index contributed by atoms with van der Waals surface area (Å²) in [5, 5.41) is 8.77. The van der Waals surface area contributed by atoms with E-state index in [2.05, 4.69) is 15.9 Å². The van der Waals surface area contributed by atoms with E-state index in [-0.39, 0.29) is 12.3 Å². The first-order chi connectivity index (χ1) is 8.38. The highest BCUT2D eigenvalue weighted by atomic mass is 79.9. The molecular weight excluding hydrogens is 296 g/mol. The van der Waals surface area contributed by atoms with Crippen molar-refractivity contribution < 1.29 is 14.6 Å². The Labute approximate surface area is 116 Å². The van der Waals surface area contributed by atoms with Gasteiger partial charge in [0.1, 0.15) is 5.75 Å². The van der Waals surface area contributed by atoms with E-state index in [1.165, 1.54) is 0 Å². The largest absolute Gasteiger partial charge is 0.496 e. The Morgan fingerprint density at radius 1 is 1.50 bits per heavy atom. The number of hydrogen-bond donors (Lipinski definition) is 1. The maximum Gasteiger partial charge on any atom is 0.303 e. The zero-order valence-electron chi connectivity index (χ0n) is 11.2. The molecule has 4 heteroatoms. The first-order valence-electron chi connectivity index (χ1n) is 5.93. The van der Waals surface area contributed by atoms with Crippen LogP contribution in [0, 0.1) is 13.8 Å². The Morgan fingerprint density at radius 3 is 2.61 bits per heavy atom. The predicted octanol–water partition coefficient (Wildman–Crippen LogP) is 4.04. The Kier molecular flexibility index (Phi) is 5.20. The number of ether oxygens (including phenoxy) is 1. The van der Waals surface area contributed by atoms with Gasteiger partial charge < -0.3 is 9.84 Å². The van der Waals surface area contributed by atoms with Gasteiger partial charge in [-0.25, -0.2) is 0 Å². The van der Waals surface area contributed by atoms with Crippen LogP contribution in [-0.4, -0.2) is 18.2 Å². The number of rotatable bonds is 5. The lowest BCUT2D eigenvalue weighted by molar-refractivity contribution is -0.137. The Hall–Kier alpha value is -1.03. The summed E-state index contributed by atoms with van der Waals surface area (Å²) >= 11 is 3.54. The van der Waals surface area contributed by atoms with Crippen LogP contribution in [-0.2, 0) is 4.79 Å². The molecule has 0 aliphatic heterocycles. The number of hydrogen-bond acceptors (Lipinski definition) is 2. The maximum atomic E-state index is 10.7. The molecule has 1 atom stereocenters. The van der Waals surface area contributed by atoms with Crippen LogP contribution in [0.4, 0.5) is 0 Å². The molecule has 3 nitrogen and oxygen atoms in total. The van der Waals surface area contributed by atoms with Crippen LogP contribution >= 0.6 is 15.9 Å². The average Bonchev–Trinajstić information content (AvgIpc) is 2.30. The molecule has 1 rings (SSSR count). The van der Waals surface area contributed by atoms with Gasteiger partial charge in [0.2, 0.25) is 0 Å². The minimum atomic E-state index is -0.759. The van der Waals surface area contributed by atoms with E-state index in [4.69, 9.17) is 9.84 Å². The topological polar surface area (TPSA) is 46.5 Å². The molecule has 18 heavy (non-hydrogen) atoms. The molecule has 1 aromatic rings. The first-order valence-corrected chi connectivity index (χ1v) is 6.73. The fourth-order valence-corrected chi connectivity index (χ4v) is 2.78. The second-order valence-corrected chi connectivity index (χ2v) is 5.44. The van der Waals surface area contributed by atoms with Crippen molar-refractivity contribution in [2.24, 2.45) is 0 Å². The zero-order valence-corrected chi connectivity index (χ0v) is 12.8. The van der Waals surface area contributed by atoms with Gasteiger partial charge in [-0.05, 0) is 43.4 Å². The van der Waals surface area contributed by atoms with E-state index in [0.717, 1.165) is 26.9 Å². The Balaban J connectivity index is 3.16. The molecule has 0 fully saturated rings. The van der Waals surface area contributed by atoms with Crippen LogP contribution in [0.3, 0.4) is 0 Å². The molecule has 0 saturated heterocycles. The second kappa shape index (κ2) is 6.23. The standard InChI is InChI=1S/C14H19BrO3/c1-8(5-6-12(16)17)13-10(3)11(15)7-9(2)14(13)18-4/h7-8H,5-6H2,1-4H3,(H,16,17). The highest BCUT2D eigenvalue weighted by Gasteiger charge is 2.19. The number of carboxylic acids is 1. The molecule has 1 aromatic carbocycles. The van der Waals surface area contributed by atoms with Crippen LogP contribution in [0.15, 0.2) is 10.5 Å². The Morgan fingerprint density at radius 2 is 2.11 bits per heavy atom. The zero-order chi connectivity index (χ0) is 13.9. The summed E-state index contributed by atoms with van der Waals surface area (Å²) in [6.07, 6.45) is 0.789. The van der Waals surface area contributed by atoms with Crippen LogP contribution in [0.2, 0.25) is 0 Å². The van der Waals surface area contributed by atoms with Crippen molar-refractivity contribution in [2.45, 2.75) is 39.5 Å². The van der Waals surface area contributed by atoms with Gasteiger partial charge in [0, 0.05) is 16.5 Å². The summed E-state index contributed by atoms with van der Waals surface area (Å²) < 4.78 is 6.51. The van der Waals surface area contributed by atoms with Crippen LogP contribution < -0.4 is 4.74 Å². The molecular formula is C14H19BrO3. The van der Waals surface area contributed by atoms with E-state index in [1.54, 1.807) is 7.11 Å². The summed E-state index contributed by atoms with van der Waals surface area (Å²) in [5.74, 6) is 0.269. The molecule has 0 amide bonds. The number of carbonyl (C=O) groups is 1. The first kappa shape index (κ1) is 15.0. The average molecular weight is 315 g/mol. The fraction of sp³-hybridized carbons (Fsp3) is 0.500. The van der Waals surface area contributed by atoms with E-state index < -0.39 is 5.97 Å². The molecule has 1 unspecified atom stereocenters. The summed E-state index contributed by atoms with van der Waals surface area (Å²) in [7, 11) is 1.66. The molecule has 1 N–H and O–H groups in total. The SMILES string of the molecule is COc1c(C)cc(Br)c(C)c1C(C)CCC(=O)O. The number of halogens is 1. The van der Waals surface area contributed by atoms with Gasteiger partial charge in [-0.15, -0.1) is 0 Å². The van der Waals surface area contributed by atoms with Crippen molar-refractivity contribution in [3.05, 3.63) is 27.2 Å². The summed E-state index contributed by atoms with van der Waals surface area (Å²) in [6, 6.07) is 2.03. The lowest BCUT2D eigenvalue weighted by atomic mass is 9.90. The third-order valence-corrected chi connectivity index (χ3v) is 4.02. The highest BCUT2D eigenvalue weighted by molar-refractivity contribution is 9.10. The van der Waals surface area contributed by atoms with Gasteiger partial charge in [-0.2, -0.15) is 0 Å². The third kappa shape index (κ3) is 3.25. The number of aliphatic carboxylic acids is 1. The maximum absolute atomic E-state index is 10.7. The van der Waals surface area contributed by atoms with Crippen molar-refractivity contribution in [3.8, 4) is 5.75 Å². The van der Waals surface area contributed by atoms with Gasteiger partial charge in [0.15, 0.2) is 0 Å². The second-order valence-electron chi connectivity index (χ2n) is 4.58. The molecule has 0 aromatic heterocycles. The molecule has 0 aliphatic carbocycles. The quantitative estimate of drug-likeness (QED) is 0.892. The smallest absolute Gasteiger partial charge is 0.303 e. The molecule has 0 radical (unpaired) electrons. The number of carboxylic acid groups (broad SMARTS) is 1. The fourth-order valence-electron chi connectivity index (χ4n) is 2.22. The van der Waals surface area contributed by atoms with Gasteiger partial charge >= 0.3 is 5.97 Å². The minimum absolute atomic E-state index is 0.159. The van der Waals surface area contributed by atoms with Gasteiger partial charge in [0.05, 0.1) is 7.11 Å². The van der Waals surface area contributed by atoms with Crippen molar-refractivity contribution in [3.63, 3.8) is 0 Å². The van der Waals surface area contributed by atoms with Crippen molar-refractivity contribution in [2.75, 3.05) is 7.11 Å². The third-order valence-electron chi connectivity index (χ3n) is 3.20. The Bertz CT molecular complexity index is 455. The van der Waals surface area contributed by atoms with E-state index in [1.807, 2.05) is 26.8 Å². The summed E-state index contributed by atoms with van der Waals surface area (Å²) in [6.45, 7) is 6.06. The molecule has 0 spiro atoms. The number of methoxy groups -OCH3 is 1. The molecule has 0 bridgehead atoms. The normalized spacial score (nSPS) is 12.3. The van der Waals surface area contributed by atoms with E-state index >= 15 is 0 Å². The van der Waals surface area contributed by atoms with Gasteiger partial charge in [-0.1, -0.05) is 22.9 Å².